The number of nitrogens with one attached hydrogen (secondary N) is 2. The van der Waals surface area contributed by atoms with Crippen molar-refractivity contribution in [3.8, 4) is 0 Å². The molecule has 0 saturated heterocycles. The van der Waals surface area contributed by atoms with Gasteiger partial charge in [0, 0.05) is 18.2 Å². The molecule has 1 aromatic rings. The second-order valence-corrected chi connectivity index (χ2v) is 4.01. The van der Waals surface area contributed by atoms with Crippen LogP contribution in [0, 0.1) is 10.1 Å². The number of nitro groups is 1. The minimum atomic E-state index is -0.545. The molecule has 18 heavy (non-hydrogen) atoms. The molecule has 0 aliphatic rings. The third kappa shape index (κ3) is 4.27. The predicted octanol–water partition coefficient (Wildman–Crippen LogP) is 2.07. The molecule has 0 spiro atoms. The zero-order valence-electron chi connectivity index (χ0n) is 9.51. The van der Waals surface area contributed by atoms with Crippen LogP contribution in [0.5, 0.6) is 0 Å². The zero-order valence-corrected chi connectivity index (χ0v) is 11.1. The molecule has 0 aromatic heterocycles. The van der Waals surface area contributed by atoms with E-state index in [2.05, 4.69) is 15.8 Å². The second kappa shape index (κ2) is 6.87. The van der Waals surface area contributed by atoms with Gasteiger partial charge in [0.25, 0.3) is 5.69 Å². The highest BCUT2D eigenvalue weighted by Crippen LogP contribution is 2.24. The Balaban J connectivity index is 2.73. The van der Waals surface area contributed by atoms with Crippen LogP contribution in [-0.4, -0.2) is 22.8 Å². The number of benzene rings is 1. The molecule has 0 aliphatic heterocycles. The molecule has 0 bridgehead atoms. The number of hydrogen-bond acceptors (Lipinski definition) is 4. The minimum Gasteiger partial charge on any atom is -0.362 e. The van der Waals surface area contributed by atoms with Crippen LogP contribution in [0.2, 0.25) is 5.02 Å². The largest absolute Gasteiger partial charge is 0.362 e. The van der Waals surface area contributed by atoms with Gasteiger partial charge in [0.2, 0.25) is 0 Å². The van der Waals surface area contributed by atoms with Gasteiger partial charge in [-0.1, -0.05) is 17.7 Å². The molecule has 96 valence electrons. The second-order valence-electron chi connectivity index (χ2n) is 3.20. The number of rotatable bonds is 4. The summed E-state index contributed by atoms with van der Waals surface area (Å²) in [5.41, 5.74) is 2.98. The van der Waals surface area contributed by atoms with E-state index in [4.69, 9.17) is 23.8 Å². The first-order valence-corrected chi connectivity index (χ1v) is 5.84. The molecule has 6 nitrogen and oxygen atoms in total. The summed E-state index contributed by atoms with van der Waals surface area (Å²) in [5.74, 6) is 0. The van der Waals surface area contributed by atoms with Gasteiger partial charge in [0.1, 0.15) is 5.02 Å². The Kier molecular flexibility index (Phi) is 5.47. The zero-order chi connectivity index (χ0) is 13.5. The van der Waals surface area contributed by atoms with Crippen molar-refractivity contribution in [2.24, 2.45) is 5.10 Å². The molecule has 1 rings (SSSR count). The molecule has 1 aromatic carbocycles. The van der Waals surface area contributed by atoms with E-state index in [1.807, 2.05) is 6.92 Å². The summed E-state index contributed by atoms with van der Waals surface area (Å²) in [5, 5.41) is 17.8. The van der Waals surface area contributed by atoms with Crippen molar-refractivity contribution in [1.29, 1.82) is 0 Å². The molecule has 0 fully saturated rings. The fraction of sp³-hybridized carbons (Fsp3) is 0.200. The van der Waals surface area contributed by atoms with Gasteiger partial charge in [-0.15, -0.1) is 0 Å². The van der Waals surface area contributed by atoms with Crippen LogP contribution in [0.15, 0.2) is 23.3 Å². The number of nitro benzene ring substituents is 1. The molecule has 0 atom stereocenters. The minimum absolute atomic E-state index is 0.0910. The van der Waals surface area contributed by atoms with Crippen molar-refractivity contribution in [2.75, 3.05) is 6.54 Å². The lowest BCUT2D eigenvalue weighted by Gasteiger charge is -2.02. The van der Waals surface area contributed by atoms with Crippen LogP contribution < -0.4 is 10.7 Å². The number of nitrogens with zero attached hydrogens (tertiary/aromatic N) is 2. The molecule has 0 saturated carbocycles. The van der Waals surface area contributed by atoms with E-state index in [1.165, 1.54) is 18.3 Å². The summed E-state index contributed by atoms with van der Waals surface area (Å²) < 4.78 is 0. The fourth-order valence-electron chi connectivity index (χ4n) is 1.12. The highest BCUT2D eigenvalue weighted by atomic mass is 35.5. The topological polar surface area (TPSA) is 79.6 Å². The van der Waals surface area contributed by atoms with Gasteiger partial charge in [-0.05, 0) is 25.2 Å². The average molecular weight is 287 g/mol. The molecular weight excluding hydrogens is 276 g/mol. The van der Waals surface area contributed by atoms with Crippen molar-refractivity contribution in [1.82, 2.24) is 10.7 Å². The summed E-state index contributed by atoms with van der Waals surface area (Å²) in [6.45, 7) is 2.59. The van der Waals surface area contributed by atoms with Crippen LogP contribution in [0.25, 0.3) is 0 Å². The van der Waals surface area contributed by atoms with Crippen molar-refractivity contribution >= 4 is 40.8 Å². The van der Waals surface area contributed by atoms with Gasteiger partial charge in [-0.2, -0.15) is 5.10 Å². The van der Waals surface area contributed by atoms with Gasteiger partial charge in [-0.25, -0.2) is 0 Å². The van der Waals surface area contributed by atoms with Crippen LogP contribution in [-0.2, 0) is 0 Å². The van der Waals surface area contributed by atoms with Crippen LogP contribution >= 0.6 is 23.8 Å². The highest BCUT2D eigenvalue weighted by molar-refractivity contribution is 7.80. The quantitative estimate of drug-likeness (QED) is 0.383. The standard InChI is InChI=1S/C10H11ClN4O2S/c1-2-12-10(18)14-13-6-7-3-4-8(11)9(5-7)15(16)17/h3-6H,2H2,1H3,(H2,12,14,18)/b13-6-. The molecule has 0 unspecified atom stereocenters. The van der Waals surface area contributed by atoms with Crippen LogP contribution in [0.3, 0.4) is 0 Å². The normalized spacial score (nSPS) is 10.3. The Bertz CT molecular complexity index is 493. The monoisotopic (exact) mass is 286 g/mol. The van der Waals surface area contributed by atoms with Gasteiger partial charge >= 0.3 is 0 Å². The maximum absolute atomic E-state index is 10.7. The van der Waals surface area contributed by atoms with E-state index in [9.17, 15) is 10.1 Å². The maximum Gasteiger partial charge on any atom is 0.288 e. The average Bonchev–Trinajstić information content (AvgIpc) is 2.31. The van der Waals surface area contributed by atoms with Crippen molar-refractivity contribution in [2.45, 2.75) is 6.92 Å². The maximum atomic E-state index is 10.7. The lowest BCUT2D eigenvalue weighted by Crippen LogP contribution is -2.31. The molecule has 8 heteroatoms. The van der Waals surface area contributed by atoms with E-state index >= 15 is 0 Å². The number of halogens is 1. The Morgan fingerprint density at radius 1 is 1.67 bits per heavy atom. The molecule has 0 radical (unpaired) electrons. The van der Waals surface area contributed by atoms with Crippen molar-refractivity contribution in [3.63, 3.8) is 0 Å². The predicted molar refractivity (Wildman–Crippen MR) is 75.1 cm³/mol. The summed E-state index contributed by atoms with van der Waals surface area (Å²) >= 11 is 10.6. The summed E-state index contributed by atoms with van der Waals surface area (Å²) in [6, 6.07) is 4.41. The first-order valence-electron chi connectivity index (χ1n) is 5.05. The smallest absolute Gasteiger partial charge is 0.288 e. The number of hydrogen-bond donors (Lipinski definition) is 2. The highest BCUT2D eigenvalue weighted by Gasteiger charge is 2.11. The Labute approximate surface area is 114 Å². The van der Waals surface area contributed by atoms with E-state index < -0.39 is 4.92 Å². The van der Waals surface area contributed by atoms with Crippen molar-refractivity contribution < 1.29 is 4.92 Å². The molecule has 0 amide bonds. The molecule has 0 heterocycles. The Morgan fingerprint density at radius 2 is 2.39 bits per heavy atom. The number of thiocarbonyl (C=S) groups is 1. The van der Waals surface area contributed by atoms with E-state index in [0.717, 1.165) is 0 Å². The SMILES string of the molecule is CCNC(=S)N/N=C\c1ccc(Cl)c([N+](=O)[O-])c1. The summed E-state index contributed by atoms with van der Waals surface area (Å²) in [4.78, 5) is 10.1. The first kappa shape index (κ1) is 14.3. The van der Waals surface area contributed by atoms with Crippen molar-refractivity contribution in [3.05, 3.63) is 38.9 Å². The molecule has 0 aliphatic carbocycles. The fourth-order valence-corrected chi connectivity index (χ4v) is 1.50. The van der Waals surface area contributed by atoms with Gasteiger partial charge in [0.15, 0.2) is 5.11 Å². The van der Waals surface area contributed by atoms with Gasteiger partial charge < -0.3 is 5.32 Å². The molecule has 2 N–H and O–H groups in total. The molecular formula is C10H11ClN4O2S. The number of hydrazone groups is 1. The summed E-state index contributed by atoms with van der Waals surface area (Å²) in [7, 11) is 0. The summed E-state index contributed by atoms with van der Waals surface area (Å²) in [6.07, 6.45) is 1.42. The Morgan fingerprint density at radius 3 is 3.00 bits per heavy atom. The third-order valence-electron chi connectivity index (χ3n) is 1.88. The van der Waals surface area contributed by atoms with E-state index in [1.54, 1.807) is 6.07 Å². The first-order chi connectivity index (χ1) is 8.54. The van der Waals surface area contributed by atoms with Gasteiger partial charge in [0.05, 0.1) is 11.1 Å². The van der Waals surface area contributed by atoms with Crippen LogP contribution in [0.1, 0.15) is 12.5 Å². The lowest BCUT2D eigenvalue weighted by atomic mass is 10.2. The van der Waals surface area contributed by atoms with Gasteiger partial charge in [-0.3, -0.25) is 15.5 Å². The lowest BCUT2D eigenvalue weighted by molar-refractivity contribution is -0.384. The third-order valence-corrected chi connectivity index (χ3v) is 2.44. The van der Waals surface area contributed by atoms with E-state index in [0.29, 0.717) is 17.2 Å². The van der Waals surface area contributed by atoms with E-state index in [-0.39, 0.29) is 10.7 Å². The van der Waals surface area contributed by atoms with Crippen LogP contribution in [0.4, 0.5) is 5.69 Å². The Hall–Kier alpha value is -1.73.